The van der Waals surface area contributed by atoms with Crippen LogP contribution in [0.25, 0.3) is 5.57 Å². The summed E-state index contributed by atoms with van der Waals surface area (Å²) in [6, 6.07) is 14.8. The number of nitrogens with zero attached hydrogens (tertiary/aromatic N) is 2. The van der Waals surface area contributed by atoms with Gasteiger partial charge in [0.05, 0.1) is 31.6 Å². The normalized spacial score (nSPS) is 19.0. The van der Waals surface area contributed by atoms with E-state index in [1.165, 1.54) is 12.1 Å². The van der Waals surface area contributed by atoms with Gasteiger partial charge in [0.2, 0.25) is 11.7 Å². The van der Waals surface area contributed by atoms with Gasteiger partial charge in [-0.1, -0.05) is 36.4 Å². The SMILES string of the molecule is O=C(O)C[C@@H](O)CC(=O)N1C[C@H]2CC(c3ccc(CCCOc4c(F)ccc(F)c4F)cc3)=C(C(=O)N(CCc3ccc(F)cc3)C3CC3)[C@@H](C1)N2. The molecule has 52 heavy (non-hydrogen) atoms. The van der Waals surface area contributed by atoms with Gasteiger partial charge in [0, 0.05) is 37.3 Å². The number of aliphatic hydroxyl groups is 1. The van der Waals surface area contributed by atoms with Crippen LogP contribution in [0.3, 0.4) is 0 Å². The minimum absolute atomic E-state index is 0.0324. The molecule has 6 rings (SSSR count). The summed E-state index contributed by atoms with van der Waals surface area (Å²) in [4.78, 5) is 42.3. The number of aliphatic hydroxyl groups excluding tert-OH is 1. The van der Waals surface area contributed by atoms with Gasteiger partial charge in [-0.3, -0.25) is 14.4 Å². The zero-order valence-corrected chi connectivity index (χ0v) is 28.5. The van der Waals surface area contributed by atoms with E-state index in [0.29, 0.717) is 50.4 Å². The van der Waals surface area contributed by atoms with Gasteiger partial charge in [-0.15, -0.1) is 0 Å². The number of aliphatic carboxylic acids is 1. The van der Waals surface area contributed by atoms with Gasteiger partial charge in [0.25, 0.3) is 5.91 Å². The maximum absolute atomic E-state index is 14.6. The van der Waals surface area contributed by atoms with E-state index in [1.54, 1.807) is 17.0 Å². The van der Waals surface area contributed by atoms with Crippen LogP contribution < -0.4 is 10.1 Å². The van der Waals surface area contributed by atoms with Crippen molar-refractivity contribution in [1.82, 2.24) is 15.1 Å². The van der Waals surface area contributed by atoms with E-state index >= 15 is 0 Å². The lowest BCUT2D eigenvalue weighted by Gasteiger charge is -2.45. The summed E-state index contributed by atoms with van der Waals surface area (Å²) in [7, 11) is 0. The number of carboxylic acids is 1. The molecule has 0 unspecified atom stereocenters. The van der Waals surface area contributed by atoms with Crippen molar-refractivity contribution < 1.29 is 46.9 Å². The van der Waals surface area contributed by atoms with E-state index in [1.807, 2.05) is 29.2 Å². The average molecular weight is 724 g/mol. The van der Waals surface area contributed by atoms with Crippen LogP contribution in [0, 0.1) is 23.3 Å². The fourth-order valence-electron chi connectivity index (χ4n) is 7.03. The van der Waals surface area contributed by atoms with Gasteiger partial charge in [0.1, 0.15) is 5.82 Å². The molecule has 2 bridgehead atoms. The van der Waals surface area contributed by atoms with Gasteiger partial charge in [0.15, 0.2) is 17.4 Å². The Bertz CT molecular complexity index is 1820. The molecule has 2 heterocycles. The Morgan fingerprint density at radius 2 is 1.56 bits per heavy atom. The first-order valence-electron chi connectivity index (χ1n) is 17.5. The number of carbonyl (C=O) groups excluding carboxylic acids is 2. The van der Waals surface area contributed by atoms with Gasteiger partial charge >= 0.3 is 5.97 Å². The molecule has 276 valence electrons. The molecule has 2 amide bonds. The first-order valence-corrected chi connectivity index (χ1v) is 17.5. The Hall–Kier alpha value is -4.75. The summed E-state index contributed by atoms with van der Waals surface area (Å²) in [5, 5.41) is 22.7. The zero-order valence-electron chi connectivity index (χ0n) is 28.5. The Balaban J connectivity index is 1.21. The fourth-order valence-corrected chi connectivity index (χ4v) is 7.03. The second-order valence-electron chi connectivity index (χ2n) is 13.7. The van der Waals surface area contributed by atoms with Crippen LogP contribution >= 0.6 is 0 Å². The van der Waals surface area contributed by atoms with E-state index in [2.05, 4.69) is 5.32 Å². The molecule has 3 N–H and O–H groups in total. The molecule has 0 aromatic heterocycles. The van der Waals surface area contributed by atoms with Crippen LogP contribution in [-0.4, -0.2) is 88.3 Å². The highest BCUT2D eigenvalue weighted by molar-refractivity contribution is 6.03. The lowest BCUT2D eigenvalue weighted by Crippen LogP contribution is -2.62. The maximum Gasteiger partial charge on any atom is 0.305 e. The van der Waals surface area contributed by atoms with Crippen LogP contribution in [0.5, 0.6) is 5.75 Å². The minimum Gasteiger partial charge on any atom is -0.488 e. The average Bonchev–Trinajstić information content (AvgIpc) is 3.95. The fraction of sp³-hybridized carbons (Fsp3) is 0.410. The van der Waals surface area contributed by atoms with Crippen LogP contribution in [0.15, 0.2) is 66.2 Å². The Morgan fingerprint density at radius 1 is 0.885 bits per heavy atom. The largest absolute Gasteiger partial charge is 0.488 e. The van der Waals surface area contributed by atoms with Crippen LogP contribution in [0.1, 0.15) is 55.2 Å². The second kappa shape index (κ2) is 16.3. The first kappa shape index (κ1) is 37.0. The summed E-state index contributed by atoms with van der Waals surface area (Å²) < 4.78 is 60.2. The van der Waals surface area contributed by atoms with Crippen molar-refractivity contribution in [3.63, 3.8) is 0 Å². The van der Waals surface area contributed by atoms with Crippen molar-refractivity contribution in [2.24, 2.45) is 0 Å². The summed E-state index contributed by atoms with van der Waals surface area (Å²) in [6.45, 7) is 0.883. The van der Waals surface area contributed by atoms with E-state index in [0.717, 1.165) is 41.2 Å². The van der Waals surface area contributed by atoms with Gasteiger partial charge < -0.3 is 30.1 Å². The van der Waals surface area contributed by atoms with Gasteiger partial charge in [-0.05, 0) is 85.1 Å². The van der Waals surface area contributed by atoms with E-state index in [-0.39, 0.29) is 49.3 Å². The predicted molar refractivity (Wildman–Crippen MR) is 183 cm³/mol. The van der Waals surface area contributed by atoms with Crippen molar-refractivity contribution in [1.29, 1.82) is 0 Å². The summed E-state index contributed by atoms with van der Waals surface area (Å²) in [6.07, 6.45) is 1.42. The number of halogens is 4. The molecule has 9 nitrogen and oxygen atoms in total. The molecular formula is C39H41F4N3O6. The van der Waals surface area contributed by atoms with Gasteiger partial charge in [-0.2, -0.15) is 4.39 Å². The van der Waals surface area contributed by atoms with Crippen LogP contribution in [-0.2, 0) is 27.2 Å². The third kappa shape index (κ3) is 8.99. The highest BCUT2D eigenvalue weighted by atomic mass is 19.2. The maximum atomic E-state index is 14.6. The number of ether oxygens (including phenoxy) is 1. The topological polar surface area (TPSA) is 119 Å². The molecule has 0 spiro atoms. The van der Waals surface area contributed by atoms with Crippen molar-refractivity contribution in [3.8, 4) is 5.75 Å². The Morgan fingerprint density at radius 3 is 2.25 bits per heavy atom. The number of carbonyl (C=O) groups is 3. The molecule has 3 aliphatic rings. The molecule has 13 heteroatoms. The quantitative estimate of drug-likeness (QED) is 0.114. The molecule has 1 aliphatic carbocycles. The minimum atomic E-state index is -1.37. The summed E-state index contributed by atoms with van der Waals surface area (Å²) in [5.41, 5.74) is 4.07. The monoisotopic (exact) mass is 723 g/mol. The number of hydrogen-bond acceptors (Lipinski definition) is 6. The smallest absolute Gasteiger partial charge is 0.305 e. The van der Waals surface area contributed by atoms with E-state index in [9.17, 15) is 37.1 Å². The summed E-state index contributed by atoms with van der Waals surface area (Å²) in [5.74, 6) is -6.35. The van der Waals surface area contributed by atoms with Crippen molar-refractivity contribution in [2.75, 3.05) is 26.2 Å². The highest BCUT2D eigenvalue weighted by Crippen LogP contribution is 2.37. The molecule has 1 saturated carbocycles. The van der Waals surface area contributed by atoms with E-state index < -0.39 is 47.7 Å². The molecule has 2 aliphatic heterocycles. The Labute approximate surface area is 298 Å². The number of rotatable bonds is 15. The number of fused-ring (bicyclic) bond motifs is 2. The number of hydrogen-bond donors (Lipinski definition) is 3. The number of aryl methyl sites for hydroxylation is 1. The number of benzene rings is 3. The van der Waals surface area contributed by atoms with Crippen molar-refractivity contribution in [2.45, 2.75) is 75.6 Å². The molecule has 3 aromatic rings. The predicted octanol–water partition coefficient (Wildman–Crippen LogP) is 5.04. The number of amides is 2. The first-order chi connectivity index (χ1) is 25.0. The number of carboxylic acid groups (broad SMARTS) is 1. The standard InChI is InChI=1S/C39H41F4N3O6/c40-26-9-5-24(6-10-26)15-16-46(28-11-12-28)39(51)36-30(18-27-21-45(22-33(36)44-27)34(48)19-29(47)20-35(49)50)25-7-3-23(4-8-25)2-1-17-52-38-32(42)14-13-31(41)37(38)43/h3-10,13-14,27-29,33,44,47H,1-2,11-12,15-22H2,(H,49,50)/t27-,29+,33-/m1/s1. The molecule has 1 saturated heterocycles. The number of nitrogens with one attached hydrogen (secondary N) is 1. The Kier molecular flexibility index (Phi) is 11.6. The second-order valence-corrected chi connectivity index (χ2v) is 13.7. The lowest BCUT2D eigenvalue weighted by atomic mass is 9.82. The molecular weight excluding hydrogens is 682 g/mol. The highest BCUT2D eigenvalue weighted by Gasteiger charge is 2.43. The number of piperazine rings is 1. The lowest BCUT2D eigenvalue weighted by molar-refractivity contribution is -0.141. The third-order valence-electron chi connectivity index (χ3n) is 9.77. The van der Waals surface area contributed by atoms with Crippen LogP contribution in [0.4, 0.5) is 17.6 Å². The zero-order chi connectivity index (χ0) is 36.9. The third-order valence-corrected chi connectivity index (χ3v) is 9.77. The van der Waals surface area contributed by atoms with Crippen molar-refractivity contribution in [3.05, 3.63) is 106 Å². The molecule has 3 aromatic carbocycles. The van der Waals surface area contributed by atoms with Gasteiger partial charge in [-0.25, -0.2) is 13.2 Å². The van der Waals surface area contributed by atoms with E-state index in [4.69, 9.17) is 9.84 Å². The molecule has 0 radical (unpaired) electrons. The van der Waals surface area contributed by atoms with Crippen LogP contribution in [0.2, 0.25) is 0 Å². The molecule has 3 atom stereocenters. The van der Waals surface area contributed by atoms with Crippen molar-refractivity contribution >= 4 is 23.4 Å². The summed E-state index contributed by atoms with van der Waals surface area (Å²) >= 11 is 0. The molecule has 2 fully saturated rings.